The van der Waals surface area contributed by atoms with E-state index in [1.165, 1.54) is 11.4 Å². The molecule has 2 atom stereocenters. The van der Waals surface area contributed by atoms with Gasteiger partial charge in [-0.05, 0) is 51.0 Å². The van der Waals surface area contributed by atoms with Crippen LogP contribution in [0.5, 0.6) is 0 Å². The first-order valence-corrected chi connectivity index (χ1v) is 6.28. The van der Waals surface area contributed by atoms with Crippen molar-refractivity contribution in [3.8, 4) is 0 Å². The van der Waals surface area contributed by atoms with Crippen LogP contribution in [0.3, 0.4) is 0 Å². The summed E-state index contributed by atoms with van der Waals surface area (Å²) in [5, 5.41) is 6.92. The Morgan fingerprint density at radius 2 is 1.12 bits per heavy atom. The van der Waals surface area contributed by atoms with Crippen LogP contribution in [0.25, 0.3) is 0 Å². The van der Waals surface area contributed by atoms with Gasteiger partial charge in [-0.25, -0.2) is 0 Å². The fourth-order valence-electron chi connectivity index (χ4n) is 1.44. The summed E-state index contributed by atoms with van der Waals surface area (Å²) >= 11 is 0. The van der Waals surface area contributed by atoms with Crippen LogP contribution in [-0.2, 0) is 0 Å². The lowest BCUT2D eigenvalue weighted by Crippen LogP contribution is -2.14. The lowest BCUT2D eigenvalue weighted by molar-refractivity contribution is 0.761. The quantitative estimate of drug-likeness (QED) is 0.754. The van der Waals surface area contributed by atoms with Crippen molar-refractivity contribution in [2.45, 2.75) is 52.6 Å². The van der Waals surface area contributed by atoms with Crippen LogP contribution < -0.4 is 10.6 Å². The van der Waals surface area contributed by atoms with Crippen molar-refractivity contribution in [3.05, 3.63) is 24.3 Å². The van der Waals surface area contributed by atoms with E-state index in [0.29, 0.717) is 12.1 Å². The zero-order valence-electron chi connectivity index (χ0n) is 10.9. The number of anilines is 2. The van der Waals surface area contributed by atoms with Crippen molar-refractivity contribution >= 4 is 11.4 Å². The summed E-state index contributed by atoms with van der Waals surface area (Å²) in [6.07, 6.45) is 2.29. The highest BCUT2D eigenvalue weighted by molar-refractivity contribution is 5.54. The maximum atomic E-state index is 3.46. The Morgan fingerprint density at radius 3 is 1.38 bits per heavy atom. The first-order chi connectivity index (χ1) is 7.65. The molecule has 90 valence electrons. The molecule has 0 aliphatic heterocycles. The van der Waals surface area contributed by atoms with Crippen molar-refractivity contribution < 1.29 is 0 Å². The van der Waals surface area contributed by atoms with Gasteiger partial charge in [0.05, 0.1) is 0 Å². The zero-order chi connectivity index (χ0) is 12.0. The Balaban J connectivity index is 2.54. The van der Waals surface area contributed by atoms with Crippen molar-refractivity contribution in [1.82, 2.24) is 0 Å². The van der Waals surface area contributed by atoms with Gasteiger partial charge in [0.15, 0.2) is 0 Å². The van der Waals surface area contributed by atoms with Gasteiger partial charge in [0.1, 0.15) is 0 Å². The molecule has 0 bridgehead atoms. The molecule has 1 rings (SSSR count). The number of benzene rings is 1. The molecule has 1 aromatic rings. The van der Waals surface area contributed by atoms with Gasteiger partial charge in [0.25, 0.3) is 0 Å². The molecular formula is C14H24N2. The second kappa shape index (κ2) is 6.41. The van der Waals surface area contributed by atoms with E-state index in [1.807, 2.05) is 0 Å². The van der Waals surface area contributed by atoms with Gasteiger partial charge in [0, 0.05) is 23.5 Å². The fraction of sp³-hybridized carbons (Fsp3) is 0.571. The van der Waals surface area contributed by atoms with Crippen molar-refractivity contribution in [1.29, 1.82) is 0 Å². The Kier molecular flexibility index (Phi) is 5.17. The minimum Gasteiger partial charge on any atom is -0.383 e. The molecule has 0 aliphatic carbocycles. The average molecular weight is 220 g/mol. The molecule has 0 aliphatic rings. The summed E-state index contributed by atoms with van der Waals surface area (Å²) in [4.78, 5) is 0. The van der Waals surface area contributed by atoms with Gasteiger partial charge in [-0.15, -0.1) is 0 Å². The Hall–Kier alpha value is -1.18. The molecule has 0 amide bonds. The Bertz CT molecular complexity index is 261. The molecule has 1 unspecified atom stereocenters. The predicted molar refractivity (Wildman–Crippen MR) is 73.2 cm³/mol. The molecule has 16 heavy (non-hydrogen) atoms. The minimum atomic E-state index is 0.536. The Morgan fingerprint density at radius 1 is 0.812 bits per heavy atom. The SMILES string of the molecule is CCC(C)Nc1ccc(N[C@H](C)CC)cc1. The van der Waals surface area contributed by atoms with E-state index in [2.05, 4.69) is 62.6 Å². The summed E-state index contributed by atoms with van der Waals surface area (Å²) in [6.45, 7) is 8.78. The molecular weight excluding hydrogens is 196 g/mol. The molecule has 0 heterocycles. The second-order valence-corrected chi connectivity index (χ2v) is 4.48. The van der Waals surface area contributed by atoms with Gasteiger partial charge in [-0.3, -0.25) is 0 Å². The van der Waals surface area contributed by atoms with Crippen LogP contribution in [0.4, 0.5) is 11.4 Å². The van der Waals surface area contributed by atoms with E-state index in [-0.39, 0.29) is 0 Å². The Labute approximate surface area is 99.5 Å². The minimum absolute atomic E-state index is 0.536. The van der Waals surface area contributed by atoms with Crippen LogP contribution >= 0.6 is 0 Å². The number of rotatable bonds is 6. The summed E-state index contributed by atoms with van der Waals surface area (Å²) in [7, 11) is 0. The van der Waals surface area contributed by atoms with E-state index in [9.17, 15) is 0 Å². The third-order valence-electron chi connectivity index (χ3n) is 2.94. The van der Waals surface area contributed by atoms with E-state index < -0.39 is 0 Å². The monoisotopic (exact) mass is 220 g/mol. The van der Waals surface area contributed by atoms with E-state index in [0.717, 1.165) is 12.8 Å². The lowest BCUT2D eigenvalue weighted by atomic mass is 10.2. The summed E-state index contributed by atoms with van der Waals surface area (Å²) in [5.41, 5.74) is 2.40. The normalized spacial score (nSPS) is 14.2. The number of hydrogen-bond acceptors (Lipinski definition) is 2. The molecule has 0 fully saturated rings. The molecule has 0 spiro atoms. The molecule has 2 heteroatoms. The summed E-state index contributed by atoms with van der Waals surface area (Å²) < 4.78 is 0. The second-order valence-electron chi connectivity index (χ2n) is 4.48. The van der Waals surface area contributed by atoms with Crippen molar-refractivity contribution in [2.75, 3.05) is 10.6 Å². The molecule has 0 aromatic heterocycles. The number of nitrogens with one attached hydrogen (secondary N) is 2. The molecule has 2 N–H and O–H groups in total. The predicted octanol–water partition coefficient (Wildman–Crippen LogP) is 4.11. The number of hydrogen-bond donors (Lipinski definition) is 2. The molecule has 2 nitrogen and oxygen atoms in total. The smallest absolute Gasteiger partial charge is 0.0343 e. The maximum Gasteiger partial charge on any atom is 0.0343 e. The van der Waals surface area contributed by atoms with Crippen LogP contribution in [0, 0.1) is 0 Å². The lowest BCUT2D eigenvalue weighted by Gasteiger charge is -2.15. The van der Waals surface area contributed by atoms with E-state index >= 15 is 0 Å². The molecule has 1 aromatic carbocycles. The van der Waals surface area contributed by atoms with Gasteiger partial charge in [0.2, 0.25) is 0 Å². The summed E-state index contributed by atoms with van der Waals surface area (Å²) in [5.74, 6) is 0. The summed E-state index contributed by atoms with van der Waals surface area (Å²) in [6, 6.07) is 9.61. The van der Waals surface area contributed by atoms with Crippen molar-refractivity contribution in [3.63, 3.8) is 0 Å². The van der Waals surface area contributed by atoms with Gasteiger partial charge in [-0.2, -0.15) is 0 Å². The third kappa shape index (κ3) is 4.13. The third-order valence-corrected chi connectivity index (χ3v) is 2.94. The largest absolute Gasteiger partial charge is 0.383 e. The van der Waals surface area contributed by atoms with Crippen LogP contribution in [0.15, 0.2) is 24.3 Å². The maximum absolute atomic E-state index is 3.46. The first-order valence-electron chi connectivity index (χ1n) is 6.28. The highest BCUT2D eigenvalue weighted by Crippen LogP contribution is 2.16. The topological polar surface area (TPSA) is 24.1 Å². The standard InChI is InChI=1S/C14H24N2/c1-5-11(3)15-13-7-9-14(10-8-13)16-12(4)6-2/h7-12,15-16H,5-6H2,1-4H3/t11-,12?/m1/s1. The van der Waals surface area contributed by atoms with Crippen LogP contribution in [0.1, 0.15) is 40.5 Å². The average Bonchev–Trinajstić information content (AvgIpc) is 2.31. The van der Waals surface area contributed by atoms with Gasteiger partial charge >= 0.3 is 0 Å². The van der Waals surface area contributed by atoms with E-state index in [1.54, 1.807) is 0 Å². The molecule has 0 saturated carbocycles. The van der Waals surface area contributed by atoms with Gasteiger partial charge < -0.3 is 10.6 Å². The first kappa shape index (κ1) is 12.9. The zero-order valence-corrected chi connectivity index (χ0v) is 10.9. The highest BCUT2D eigenvalue weighted by atomic mass is 14.9. The molecule has 0 radical (unpaired) electrons. The van der Waals surface area contributed by atoms with E-state index in [4.69, 9.17) is 0 Å². The van der Waals surface area contributed by atoms with Crippen LogP contribution in [-0.4, -0.2) is 12.1 Å². The van der Waals surface area contributed by atoms with Crippen LogP contribution in [0.2, 0.25) is 0 Å². The van der Waals surface area contributed by atoms with Crippen molar-refractivity contribution in [2.24, 2.45) is 0 Å². The molecule has 0 saturated heterocycles. The van der Waals surface area contributed by atoms with Gasteiger partial charge in [-0.1, -0.05) is 13.8 Å². The fourth-order valence-corrected chi connectivity index (χ4v) is 1.44. The highest BCUT2D eigenvalue weighted by Gasteiger charge is 2.00.